The van der Waals surface area contributed by atoms with Gasteiger partial charge in [0.2, 0.25) is 0 Å². The topological polar surface area (TPSA) is 46.6 Å². The maximum absolute atomic E-state index is 13.0. The van der Waals surface area contributed by atoms with Gasteiger partial charge in [0, 0.05) is 16.7 Å². The lowest BCUT2D eigenvalue weighted by Gasteiger charge is -2.23. The summed E-state index contributed by atoms with van der Waals surface area (Å²) >= 11 is 1.78. The predicted molar refractivity (Wildman–Crippen MR) is 119 cm³/mol. The molecule has 0 bridgehead atoms. The summed E-state index contributed by atoms with van der Waals surface area (Å²) in [5.41, 5.74) is 6.72. The zero-order valence-corrected chi connectivity index (χ0v) is 18.9. The van der Waals surface area contributed by atoms with Gasteiger partial charge in [0.15, 0.2) is 6.61 Å². The van der Waals surface area contributed by atoms with Crippen molar-refractivity contribution in [2.45, 2.75) is 58.1 Å². The Morgan fingerprint density at radius 1 is 1.00 bits per heavy atom. The summed E-state index contributed by atoms with van der Waals surface area (Å²) in [6.45, 7) is 12.5. The largest absolute Gasteiger partial charge is 0.452 e. The number of hydrogen-bond acceptors (Lipinski definition) is 4. The van der Waals surface area contributed by atoms with E-state index in [4.69, 9.17) is 4.74 Å². The number of fused-ring (bicyclic) bond motifs is 1. The fourth-order valence-electron chi connectivity index (χ4n) is 3.83. The number of rotatable bonds is 3. The van der Waals surface area contributed by atoms with E-state index in [2.05, 4.69) is 13.8 Å². The highest BCUT2D eigenvalue weighted by molar-refractivity contribution is 8.00. The maximum Gasteiger partial charge on any atom is 0.339 e. The molecule has 0 saturated heterocycles. The van der Waals surface area contributed by atoms with Gasteiger partial charge in [-0.05, 0) is 81.0 Å². The molecule has 1 amide bonds. The van der Waals surface area contributed by atoms with Gasteiger partial charge in [0.1, 0.15) is 0 Å². The number of carbonyl (C=O) groups is 2. The third-order valence-electron chi connectivity index (χ3n) is 6.08. The number of hydrogen-bond donors (Lipinski definition) is 0. The minimum atomic E-state index is -0.426. The van der Waals surface area contributed by atoms with Gasteiger partial charge in [-0.2, -0.15) is 0 Å². The quantitative estimate of drug-likeness (QED) is 0.643. The molecule has 2 aromatic rings. The number of amides is 1. The summed E-state index contributed by atoms with van der Waals surface area (Å²) in [5, 5.41) is 0.431. The highest BCUT2D eigenvalue weighted by atomic mass is 32.2. The van der Waals surface area contributed by atoms with Crippen molar-refractivity contribution < 1.29 is 14.3 Å². The van der Waals surface area contributed by atoms with Crippen molar-refractivity contribution in [3.05, 3.63) is 57.6 Å². The third kappa shape index (κ3) is 4.20. The van der Waals surface area contributed by atoms with Gasteiger partial charge in [0.25, 0.3) is 5.91 Å². The molecular formula is C24H29NO3S. The Morgan fingerprint density at radius 3 is 2.24 bits per heavy atom. The van der Waals surface area contributed by atoms with Crippen molar-refractivity contribution in [2.24, 2.45) is 0 Å². The zero-order valence-electron chi connectivity index (χ0n) is 18.1. The van der Waals surface area contributed by atoms with E-state index in [1.54, 1.807) is 16.7 Å². The van der Waals surface area contributed by atoms with E-state index >= 15 is 0 Å². The first kappa shape index (κ1) is 21.4. The van der Waals surface area contributed by atoms with Crippen LogP contribution in [0.4, 0.5) is 5.69 Å². The first-order chi connectivity index (χ1) is 13.7. The van der Waals surface area contributed by atoms with E-state index in [0.29, 0.717) is 17.4 Å². The number of thioether (sulfide) groups is 1. The average Bonchev–Trinajstić information content (AvgIpc) is 2.87. The summed E-state index contributed by atoms with van der Waals surface area (Å²) in [7, 11) is 0. The van der Waals surface area contributed by atoms with Gasteiger partial charge in [-0.25, -0.2) is 4.79 Å². The molecule has 3 rings (SSSR count). The van der Waals surface area contributed by atoms with Crippen molar-refractivity contribution in [2.75, 3.05) is 18.1 Å². The zero-order chi connectivity index (χ0) is 21.3. The van der Waals surface area contributed by atoms with Crippen molar-refractivity contribution in [3.8, 4) is 0 Å². The number of ether oxygens (including phenoxy) is 1. The predicted octanol–water partition coefficient (Wildman–Crippen LogP) is 5.30. The van der Waals surface area contributed by atoms with Crippen LogP contribution in [-0.2, 0) is 9.53 Å². The van der Waals surface area contributed by atoms with E-state index < -0.39 is 5.97 Å². The molecule has 1 atom stereocenters. The second-order valence-corrected chi connectivity index (χ2v) is 9.29. The molecule has 0 aliphatic carbocycles. The van der Waals surface area contributed by atoms with Crippen LogP contribution in [0.15, 0.2) is 29.2 Å². The molecule has 0 aromatic heterocycles. The van der Waals surface area contributed by atoms with Crippen LogP contribution in [0.25, 0.3) is 0 Å². The lowest BCUT2D eigenvalue weighted by Crippen LogP contribution is -2.36. The number of nitrogens with zero attached hydrogens (tertiary/aromatic N) is 1. The van der Waals surface area contributed by atoms with Gasteiger partial charge in [-0.15, -0.1) is 11.8 Å². The summed E-state index contributed by atoms with van der Waals surface area (Å²) in [6.07, 6.45) is 0.896. The van der Waals surface area contributed by atoms with Crippen LogP contribution in [0.1, 0.15) is 51.5 Å². The molecule has 154 valence electrons. The summed E-state index contributed by atoms with van der Waals surface area (Å²) in [6, 6.07) is 7.92. The Labute approximate surface area is 177 Å². The average molecular weight is 412 g/mol. The third-order valence-corrected chi connectivity index (χ3v) is 7.31. The Hall–Kier alpha value is -2.27. The van der Waals surface area contributed by atoms with Gasteiger partial charge in [-0.3, -0.25) is 4.79 Å². The van der Waals surface area contributed by atoms with Crippen LogP contribution in [0.2, 0.25) is 0 Å². The molecule has 0 N–H and O–H groups in total. The van der Waals surface area contributed by atoms with Gasteiger partial charge in [0.05, 0.1) is 11.3 Å². The SMILES string of the molecule is Cc1c(C)c(C)c(C(=O)OCC(=O)N2CC[C@H](C)Sc3ccccc32)c(C)c1C. The number of anilines is 1. The first-order valence-electron chi connectivity index (χ1n) is 10.0. The number of esters is 1. The molecular weight excluding hydrogens is 382 g/mol. The van der Waals surface area contributed by atoms with Crippen LogP contribution < -0.4 is 4.90 Å². The van der Waals surface area contributed by atoms with Gasteiger partial charge >= 0.3 is 5.97 Å². The smallest absolute Gasteiger partial charge is 0.339 e. The Bertz CT molecular complexity index is 938. The van der Waals surface area contributed by atoms with Crippen LogP contribution >= 0.6 is 11.8 Å². The van der Waals surface area contributed by atoms with E-state index in [0.717, 1.165) is 39.3 Å². The highest BCUT2D eigenvalue weighted by Gasteiger charge is 2.26. The minimum absolute atomic E-state index is 0.184. The Morgan fingerprint density at radius 2 is 1.59 bits per heavy atom. The van der Waals surface area contributed by atoms with Gasteiger partial charge < -0.3 is 9.64 Å². The molecule has 2 aromatic carbocycles. The number of benzene rings is 2. The highest BCUT2D eigenvalue weighted by Crippen LogP contribution is 2.37. The molecule has 0 spiro atoms. The second kappa shape index (κ2) is 8.62. The van der Waals surface area contributed by atoms with Crippen LogP contribution in [0.3, 0.4) is 0 Å². The molecule has 29 heavy (non-hydrogen) atoms. The van der Waals surface area contributed by atoms with Crippen molar-refractivity contribution in [1.29, 1.82) is 0 Å². The fraction of sp³-hybridized carbons (Fsp3) is 0.417. The fourth-order valence-corrected chi connectivity index (χ4v) is 4.94. The number of para-hydroxylation sites is 1. The van der Waals surface area contributed by atoms with Gasteiger partial charge in [-0.1, -0.05) is 19.1 Å². The number of carbonyl (C=O) groups excluding carboxylic acids is 2. The summed E-state index contributed by atoms with van der Waals surface area (Å²) in [5.74, 6) is -0.609. The molecule has 1 heterocycles. The van der Waals surface area contributed by atoms with Crippen molar-refractivity contribution in [3.63, 3.8) is 0 Å². The maximum atomic E-state index is 13.0. The monoisotopic (exact) mass is 411 g/mol. The molecule has 5 heteroatoms. The van der Waals surface area contributed by atoms with Crippen LogP contribution in [0, 0.1) is 34.6 Å². The van der Waals surface area contributed by atoms with E-state index in [-0.39, 0.29) is 12.5 Å². The molecule has 0 saturated carbocycles. The molecule has 1 aliphatic heterocycles. The van der Waals surface area contributed by atoms with Crippen LogP contribution in [0.5, 0.6) is 0 Å². The second-order valence-electron chi connectivity index (χ2n) is 7.81. The Balaban J connectivity index is 1.79. The van der Waals surface area contributed by atoms with Crippen molar-refractivity contribution >= 4 is 29.3 Å². The molecule has 0 unspecified atom stereocenters. The first-order valence-corrected chi connectivity index (χ1v) is 10.9. The van der Waals surface area contributed by atoms with E-state index in [1.165, 1.54) is 5.56 Å². The minimum Gasteiger partial charge on any atom is -0.452 e. The molecule has 0 radical (unpaired) electrons. The molecule has 4 nitrogen and oxygen atoms in total. The summed E-state index contributed by atoms with van der Waals surface area (Å²) in [4.78, 5) is 28.7. The van der Waals surface area contributed by atoms with E-state index in [1.807, 2.05) is 52.0 Å². The lowest BCUT2D eigenvalue weighted by molar-refractivity contribution is -0.121. The van der Waals surface area contributed by atoms with E-state index in [9.17, 15) is 9.59 Å². The normalized spacial score (nSPS) is 16.2. The van der Waals surface area contributed by atoms with Crippen molar-refractivity contribution in [1.82, 2.24) is 0 Å². The lowest BCUT2D eigenvalue weighted by atomic mass is 9.90. The van der Waals surface area contributed by atoms with Crippen LogP contribution in [-0.4, -0.2) is 30.3 Å². The molecule has 1 aliphatic rings. The Kier molecular flexibility index (Phi) is 6.37. The molecule has 0 fully saturated rings. The standard InChI is InChI=1S/C24H29NO3S/c1-14-11-12-25(20-9-7-8-10-21(20)29-14)22(26)13-28-24(27)23-18(5)16(3)15(2)17(4)19(23)6/h7-10,14H,11-13H2,1-6H3/t14-/m0/s1. The summed E-state index contributed by atoms with van der Waals surface area (Å²) < 4.78 is 5.50.